The summed E-state index contributed by atoms with van der Waals surface area (Å²) >= 11 is 1.51. The third-order valence-corrected chi connectivity index (χ3v) is 2.82. The first-order valence-electron chi connectivity index (χ1n) is 4.96. The van der Waals surface area contributed by atoms with Crippen LogP contribution in [0.3, 0.4) is 0 Å². The lowest BCUT2D eigenvalue weighted by molar-refractivity contribution is 0.112. The summed E-state index contributed by atoms with van der Waals surface area (Å²) in [7, 11) is 1.56. The van der Waals surface area contributed by atoms with Crippen LogP contribution in [-0.2, 0) is 6.61 Å². The Balaban J connectivity index is 2.15. The fourth-order valence-electron chi connectivity index (χ4n) is 1.34. The molecular weight excluding hydrogens is 238 g/mol. The highest BCUT2D eigenvalue weighted by molar-refractivity contribution is 7.07. The summed E-state index contributed by atoms with van der Waals surface area (Å²) in [6, 6.07) is 5.04. The summed E-state index contributed by atoms with van der Waals surface area (Å²) in [5, 5.41) is 1.91. The fraction of sp³-hybridized carbons (Fsp3) is 0.167. The number of benzene rings is 1. The van der Waals surface area contributed by atoms with Gasteiger partial charge in [0.2, 0.25) is 0 Å². The van der Waals surface area contributed by atoms with Gasteiger partial charge in [0.1, 0.15) is 12.9 Å². The summed E-state index contributed by atoms with van der Waals surface area (Å²) in [5.74, 6) is 1.15. The van der Waals surface area contributed by atoms with Crippen molar-refractivity contribution in [2.75, 3.05) is 7.11 Å². The molecule has 88 valence electrons. The van der Waals surface area contributed by atoms with E-state index in [2.05, 4.69) is 4.98 Å². The summed E-state index contributed by atoms with van der Waals surface area (Å²) < 4.78 is 10.7. The van der Waals surface area contributed by atoms with Crippen molar-refractivity contribution >= 4 is 17.6 Å². The second-order valence-electron chi connectivity index (χ2n) is 3.30. The monoisotopic (exact) mass is 249 g/mol. The van der Waals surface area contributed by atoms with Crippen LogP contribution in [0.4, 0.5) is 0 Å². The van der Waals surface area contributed by atoms with Gasteiger partial charge in [0.25, 0.3) is 0 Å². The van der Waals surface area contributed by atoms with Gasteiger partial charge >= 0.3 is 0 Å². The zero-order valence-electron chi connectivity index (χ0n) is 9.25. The Morgan fingerprint density at radius 2 is 2.29 bits per heavy atom. The molecular formula is C12H11NO3S. The molecule has 0 radical (unpaired) electrons. The first-order valence-corrected chi connectivity index (χ1v) is 5.91. The lowest BCUT2D eigenvalue weighted by atomic mass is 10.2. The van der Waals surface area contributed by atoms with Crippen LogP contribution < -0.4 is 9.47 Å². The van der Waals surface area contributed by atoms with Gasteiger partial charge < -0.3 is 9.47 Å². The topological polar surface area (TPSA) is 48.4 Å². The molecule has 0 amide bonds. The molecule has 1 aromatic heterocycles. The van der Waals surface area contributed by atoms with Gasteiger partial charge in [-0.05, 0) is 18.2 Å². The molecule has 1 heterocycles. The Hall–Kier alpha value is -1.88. The van der Waals surface area contributed by atoms with E-state index in [0.29, 0.717) is 23.7 Å². The molecule has 4 nitrogen and oxygen atoms in total. The predicted octanol–water partition coefficient (Wildman–Crippen LogP) is 2.54. The zero-order chi connectivity index (χ0) is 12.1. The SMILES string of the molecule is COc1ccc(C=O)cc1OCc1cscn1. The standard InChI is InChI=1S/C12H11NO3S/c1-15-11-3-2-9(5-14)4-12(11)16-6-10-7-17-8-13-10/h2-5,7-8H,6H2,1H3. The molecule has 0 N–H and O–H groups in total. The maximum Gasteiger partial charge on any atom is 0.162 e. The van der Waals surface area contributed by atoms with Crippen LogP contribution in [0.2, 0.25) is 0 Å². The Morgan fingerprint density at radius 1 is 1.41 bits per heavy atom. The third-order valence-electron chi connectivity index (χ3n) is 2.18. The number of thiazole rings is 1. The molecule has 0 saturated carbocycles. The van der Waals surface area contributed by atoms with E-state index in [4.69, 9.17) is 9.47 Å². The van der Waals surface area contributed by atoms with Crippen molar-refractivity contribution < 1.29 is 14.3 Å². The highest BCUT2D eigenvalue weighted by Crippen LogP contribution is 2.28. The molecule has 1 aromatic carbocycles. The van der Waals surface area contributed by atoms with Gasteiger partial charge in [-0.1, -0.05) is 0 Å². The van der Waals surface area contributed by atoms with Gasteiger partial charge in [-0.3, -0.25) is 4.79 Å². The number of methoxy groups -OCH3 is 1. The van der Waals surface area contributed by atoms with Crippen molar-refractivity contribution in [3.8, 4) is 11.5 Å². The van der Waals surface area contributed by atoms with E-state index in [9.17, 15) is 4.79 Å². The van der Waals surface area contributed by atoms with Crippen LogP contribution in [-0.4, -0.2) is 18.4 Å². The minimum absolute atomic E-state index is 0.363. The van der Waals surface area contributed by atoms with Crippen LogP contribution in [0.15, 0.2) is 29.1 Å². The lowest BCUT2D eigenvalue weighted by Crippen LogP contribution is -1.98. The normalized spacial score (nSPS) is 9.94. The van der Waals surface area contributed by atoms with Crippen LogP contribution in [0.5, 0.6) is 11.5 Å². The Labute approximate surface area is 103 Å². The second kappa shape index (κ2) is 5.45. The zero-order valence-corrected chi connectivity index (χ0v) is 10.1. The van der Waals surface area contributed by atoms with E-state index in [0.717, 1.165) is 12.0 Å². The van der Waals surface area contributed by atoms with Crippen molar-refractivity contribution in [1.29, 1.82) is 0 Å². The highest BCUT2D eigenvalue weighted by atomic mass is 32.1. The van der Waals surface area contributed by atoms with Crippen molar-refractivity contribution in [3.63, 3.8) is 0 Å². The minimum atomic E-state index is 0.363. The highest BCUT2D eigenvalue weighted by Gasteiger charge is 2.06. The molecule has 0 spiro atoms. The summed E-state index contributed by atoms with van der Waals surface area (Å²) in [6.07, 6.45) is 0.773. The molecule has 0 saturated heterocycles. The lowest BCUT2D eigenvalue weighted by Gasteiger charge is -2.09. The average Bonchev–Trinajstić information content (AvgIpc) is 2.89. The fourth-order valence-corrected chi connectivity index (χ4v) is 1.88. The van der Waals surface area contributed by atoms with Crippen LogP contribution in [0.25, 0.3) is 0 Å². The number of nitrogens with zero attached hydrogens (tertiary/aromatic N) is 1. The van der Waals surface area contributed by atoms with Gasteiger partial charge in [-0.2, -0.15) is 0 Å². The van der Waals surface area contributed by atoms with Crippen molar-refractivity contribution in [3.05, 3.63) is 40.3 Å². The third kappa shape index (κ3) is 2.82. The second-order valence-corrected chi connectivity index (χ2v) is 4.02. The number of ether oxygens (including phenoxy) is 2. The van der Waals surface area contributed by atoms with Crippen molar-refractivity contribution in [2.24, 2.45) is 0 Å². The molecule has 0 aliphatic rings. The van der Waals surface area contributed by atoms with Crippen molar-refractivity contribution in [1.82, 2.24) is 4.98 Å². The molecule has 0 atom stereocenters. The average molecular weight is 249 g/mol. The van der Waals surface area contributed by atoms with Gasteiger partial charge in [0, 0.05) is 10.9 Å². The van der Waals surface area contributed by atoms with Gasteiger partial charge in [-0.25, -0.2) is 4.98 Å². The van der Waals surface area contributed by atoms with Gasteiger partial charge in [0.15, 0.2) is 11.5 Å². The maximum absolute atomic E-state index is 10.7. The van der Waals surface area contributed by atoms with E-state index in [-0.39, 0.29) is 0 Å². The van der Waals surface area contributed by atoms with E-state index in [1.54, 1.807) is 30.8 Å². The quantitative estimate of drug-likeness (QED) is 0.764. The van der Waals surface area contributed by atoms with Crippen molar-refractivity contribution in [2.45, 2.75) is 6.61 Å². The minimum Gasteiger partial charge on any atom is -0.493 e. The van der Waals surface area contributed by atoms with Gasteiger partial charge in [-0.15, -0.1) is 11.3 Å². The number of rotatable bonds is 5. The van der Waals surface area contributed by atoms with Gasteiger partial charge in [0.05, 0.1) is 18.3 Å². The molecule has 2 aromatic rings. The first kappa shape index (κ1) is 11.6. The molecule has 17 heavy (non-hydrogen) atoms. The molecule has 0 fully saturated rings. The van der Waals surface area contributed by atoms with Crippen LogP contribution in [0.1, 0.15) is 16.1 Å². The predicted molar refractivity (Wildman–Crippen MR) is 64.8 cm³/mol. The molecule has 0 bridgehead atoms. The van der Waals surface area contributed by atoms with E-state index in [1.165, 1.54) is 11.3 Å². The molecule has 0 unspecified atom stereocenters. The number of hydrogen-bond acceptors (Lipinski definition) is 5. The smallest absolute Gasteiger partial charge is 0.162 e. The molecule has 0 aliphatic carbocycles. The van der Waals surface area contributed by atoms with Crippen LogP contribution >= 0.6 is 11.3 Å². The van der Waals surface area contributed by atoms with Crippen LogP contribution in [0, 0.1) is 0 Å². The summed E-state index contributed by atoms with van der Waals surface area (Å²) in [5.41, 5.74) is 3.16. The molecule has 0 aliphatic heterocycles. The maximum atomic E-state index is 10.7. The molecule has 5 heteroatoms. The largest absolute Gasteiger partial charge is 0.493 e. The Morgan fingerprint density at radius 3 is 2.94 bits per heavy atom. The Kier molecular flexibility index (Phi) is 3.72. The number of hydrogen-bond donors (Lipinski definition) is 0. The van der Waals surface area contributed by atoms with E-state index in [1.807, 2.05) is 5.38 Å². The first-order chi connectivity index (χ1) is 8.33. The summed E-state index contributed by atoms with van der Waals surface area (Å²) in [6.45, 7) is 0.363. The number of carbonyl (C=O) groups is 1. The summed E-state index contributed by atoms with van der Waals surface area (Å²) in [4.78, 5) is 14.8. The number of aromatic nitrogens is 1. The Bertz CT molecular complexity index is 496. The number of carbonyl (C=O) groups excluding carboxylic acids is 1. The molecule has 2 rings (SSSR count). The van der Waals surface area contributed by atoms with E-state index >= 15 is 0 Å². The van der Waals surface area contributed by atoms with E-state index < -0.39 is 0 Å². The number of aldehydes is 1.